The van der Waals surface area contributed by atoms with Gasteiger partial charge in [0.1, 0.15) is 0 Å². The Morgan fingerprint density at radius 3 is 2.56 bits per heavy atom. The Morgan fingerprint density at radius 1 is 1.36 bits per heavy atom. The van der Waals surface area contributed by atoms with E-state index in [0.717, 1.165) is 10.0 Å². The first-order valence-electron chi connectivity index (χ1n) is 7.61. The van der Waals surface area contributed by atoms with Crippen molar-refractivity contribution in [1.82, 2.24) is 10.3 Å². The number of terminal acetylenes is 1. The molecule has 7 heteroatoms. The van der Waals surface area contributed by atoms with Gasteiger partial charge in [0.15, 0.2) is 5.13 Å². The molecule has 1 atom stereocenters. The number of halogens is 1. The van der Waals surface area contributed by atoms with Gasteiger partial charge in [0.2, 0.25) is 0 Å². The summed E-state index contributed by atoms with van der Waals surface area (Å²) in [6.07, 6.45) is 5.79. The van der Waals surface area contributed by atoms with Gasteiger partial charge in [0.05, 0.1) is 16.7 Å². The maximum Gasteiger partial charge on any atom is 0.321 e. The monoisotopic (exact) mass is 421 g/mol. The van der Waals surface area contributed by atoms with E-state index in [0.29, 0.717) is 10.8 Å². The summed E-state index contributed by atoms with van der Waals surface area (Å²) in [6.45, 7) is 5.29. The molecule has 1 aromatic carbocycles. The summed E-state index contributed by atoms with van der Waals surface area (Å²) in [4.78, 5) is 16.3. The number of rotatable bonds is 5. The lowest BCUT2D eigenvalue weighted by molar-refractivity contribution is 0.0826. The van der Waals surface area contributed by atoms with Crippen molar-refractivity contribution in [1.29, 1.82) is 0 Å². The molecular weight excluding hydrogens is 402 g/mol. The number of hydrogen-bond acceptors (Lipinski definition) is 4. The van der Waals surface area contributed by atoms with E-state index >= 15 is 0 Å². The molecule has 0 radical (unpaired) electrons. The molecule has 25 heavy (non-hydrogen) atoms. The third-order valence-electron chi connectivity index (χ3n) is 3.63. The topological polar surface area (TPSA) is 74.2 Å². The van der Waals surface area contributed by atoms with Gasteiger partial charge in [0, 0.05) is 16.4 Å². The van der Waals surface area contributed by atoms with Gasteiger partial charge < -0.3 is 10.4 Å². The smallest absolute Gasteiger partial charge is 0.321 e. The highest BCUT2D eigenvalue weighted by atomic mass is 79.9. The molecule has 0 aliphatic heterocycles. The highest BCUT2D eigenvalue weighted by Crippen LogP contribution is 2.33. The Balaban J connectivity index is 2.15. The van der Waals surface area contributed by atoms with Crippen LogP contribution in [0.5, 0.6) is 0 Å². The number of urea groups is 1. The van der Waals surface area contributed by atoms with Crippen LogP contribution >= 0.6 is 27.3 Å². The lowest BCUT2D eigenvalue weighted by Gasteiger charge is -2.22. The molecule has 1 aromatic heterocycles. The molecule has 2 amide bonds. The van der Waals surface area contributed by atoms with Gasteiger partial charge in [-0.1, -0.05) is 34.0 Å². The van der Waals surface area contributed by atoms with Crippen LogP contribution in [0.4, 0.5) is 9.93 Å². The van der Waals surface area contributed by atoms with Crippen molar-refractivity contribution in [3.05, 3.63) is 45.4 Å². The summed E-state index contributed by atoms with van der Waals surface area (Å²) in [5.41, 5.74) is -0.0305. The van der Waals surface area contributed by atoms with Crippen LogP contribution in [0.3, 0.4) is 0 Å². The highest BCUT2D eigenvalue weighted by molar-refractivity contribution is 9.10. The van der Waals surface area contributed by atoms with E-state index in [1.807, 2.05) is 36.6 Å². The number of hydrogen-bond donors (Lipinski definition) is 3. The van der Waals surface area contributed by atoms with Gasteiger partial charge in [0.25, 0.3) is 0 Å². The molecule has 3 N–H and O–H groups in total. The molecule has 2 aromatic rings. The zero-order chi connectivity index (χ0) is 18.7. The second-order valence-corrected chi connectivity index (χ2v) is 8.21. The number of aliphatic hydroxyl groups is 1. The van der Waals surface area contributed by atoms with Crippen LogP contribution in [0, 0.1) is 12.3 Å². The Kier molecular flexibility index (Phi) is 5.88. The zero-order valence-electron chi connectivity index (χ0n) is 14.3. The average molecular weight is 422 g/mol. The van der Waals surface area contributed by atoms with E-state index in [9.17, 15) is 9.90 Å². The van der Waals surface area contributed by atoms with Gasteiger partial charge in [-0.2, -0.15) is 0 Å². The first-order valence-corrected chi connectivity index (χ1v) is 9.28. The fourth-order valence-electron chi connectivity index (χ4n) is 2.09. The van der Waals surface area contributed by atoms with Crippen LogP contribution < -0.4 is 10.6 Å². The van der Waals surface area contributed by atoms with E-state index in [1.54, 1.807) is 13.8 Å². The van der Waals surface area contributed by atoms with Crippen LogP contribution in [-0.2, 0) is 5.41 Å². The van der Waals surface area contributed by atoms with E-state index in [1.165, 1.54) is 11.3 Å². The lowest BCUT2D eigenvalue weighted by atomic mass is 9.81. The summed E-state index contributed by atoms with van der Waals surface area (Å²) < 4.78 is 0.972. The van der Waals surface area contributed by atoms with Gasteiger partial charge >= 0.3 is 6.03 Å². The molecule has 0 spiro atoms. The fourth-order valence-corrected chi connectivity index (χ4v) is 3.17. The van der Waals surface area contributed by atoms with Crippen molar-refractivity contribution in [3.8, 4) is 12.3 Å². The number of carbonyl (C=O) groups is 1. The van der Waals surface area contributed by atoms with Crippen molar-refractivity contribution in [2.24, 2.45) is 0 Å². The summed E-state index contributed by atoms with van der Waals surface area (Å²) in [7, 11) is 0. The van der Waals surface area contributed by atoms with Gasteiger partial charge in [-0.25, -0.2) is 9.78 Å². The maximum atomic E-state index is 11.9. The molecule has 132 valence electrons. The number of thiazole rings is 1. The van der Waals surface area contributed by atoms with Gasteiger partial charge in [-0.15, -0.1) is 17.8 Å². The van der Waals surface area contributed by atoms with Crippen LogP contribution in [0.2, 0.25) is 0 Å². The SMILES string of the molecule is C#C[C@](C)(c1ccc(Br)cc1)c1csc(NC(=O)NCC(C)(C)O)n1. The average Bonchev–Trinajstić information content (AvgIpc) is 3.01. The van der Waals surface area contributed by atoms with Crippen molar-refractivity contribution in [3.63, 3.8) is 0 Å². The second kappa shape index (κ2) is 7.56. The van der Waals surface area contributed by atoms with Crippen molar-refractivity contribution in [2.75, 3.05) is 11.9 Å². The third-order valence-corrected chi connectivity index (χ3v) is 4.92. The highest BCUT2D eigenvalue weighted by Gasteiger charge is 2.29. The van der Waals surface area contributed by atoms with Crippen LogP contribution in [-0.4, -0.2) is 28.3 Å². The summed E-state index contributed by atoms with van der Waals surface area (Å²) in [5, 5.41) is 17.2. The molecule has 0 saturated heterocycles. The van der Waals surface area contributed by atoms with Crippen LogP contribution in [0.15, 0.2) is 34.1 Å². The van der Waals surface area contributed by atoms with Crippen molar-refractivity contribution >= 4 is 38.4 Å². The normalized spacial score (nSPS) is 13.6. The van der Waals surface area contributed by atoms with Gasteiger partial charge in [-0.3, -0.25) is 5.32 Å². The molecule has 0 aliphatic carbocycles. The van der Waals surface area contributed by atoms with E-state index in [-0.39, 0.29) is 6.54 Å². The van der Waals surface area contributed by atoms with Crippen LogP contribution in [0.25, 0.3) is 0 Å². The van der Waals surface area contributed by atoms with Crippen molar-refractivity contribution in [2.45, 2.75) is 31.8 Å². The standard InChI is InChI=1S/C18H20BrN3O2S/c1-5-18(4,12-6-8-13(19)9-7-12)14-10-25-16(21-14)22-15(23)20-11-17(2,3)24/h1,6-10,24H,11H2,2-4H3,(H2,20,21,22,23)/t18-/m1/s1. The number of amides is 2. The Bertz CT molecular complexity index is 790. The molecule has 1 heterocycles. The number of anilines is 1. The minimum Gasteiger partial charge on any atom is -0.389 e. The minimum absolute atomic E-state index is 0.137. The molecule has 0 aliphatic rings. The van der Waals surface area contributed by atoms with Crippen molar-refractivity contribution < 1.29 is 9.90 Å². The molecule has 2 rings (SSSR count). The minimum atomic E-state index is -0.977. The molecule has 0 fully saturated rings. The second-order valence-electron chi connectivity index (χ2n) is 6.43. The predicted octanol–water partition coefficient (Wildman–Crippen LogP) is 3.74. The Morgan fingerprint density at radius 2 is 2.00 bits per heavy atom. The predicted molar refractivity (Wildman–Crippen MR) is 105 cm³/mol. The number of nitrogens with zero attached hydrogens (tertiary/aromatic N) is 1. The summed E-state index contributed by atoms with van der Waals surface area (Å²) in [5.74, 6) is 2.81. The largest absolute Gasteiger partial charge is 0.389 e. The number of benzene rings is 1. The zero-order valence-corrected chi connectivity index (χ0v) is 16.7. The number of carbonyl (C=O) groups excluding carboxylic acids is 1. The molecular formula is C18H20BrN3O2S. The lowest BCUT2D eigenvalue weighted by Crippen LogP contribution is -2.40. The molecule has 0 bridgehead atoms. The third kappa shape index (κ3) is 5.05. The Hall–Kier alpha value is -1.88. The number of nitrogens with one attached hydrogen (secondary N) is 2. The maximum absolute atomic E-state index is 11.9. The first kappa shape index (κ1) is 19.4. The first-order chi connectivity index (χ1) is 11.6. The van der Waals surface area contributed by atoms with E-state index in [4.69, 9.17) is 6.42 Å². The fraction of sp³-hybridized carbons (Fsp3) is 0.333. The van der Waals surface area contributed by atoms with Crippen LogP contribution in [0.1, 0.15) is 32.0 Å². The quantitative estimate of drug-likeness (QED) is 0.643. The van der Waals surface area contributed by atoms with E-state index < -0.39 is 17.0 Å². The molecule has 5 nitrogen and oxygen atoms in total. The summed E-state index contributed by atoms with van der Waals surface area (Å²) in [6, 6.07) is 7.34. The Labute approximate surface area is 160 Å². The number of aromatic nitrogens is 1. The summed E-state index contributed by atoms with van der Waals surface area (Å²) >= 11 is 4.71. The molecule has 0 saturated carbocycles. The van der Waals surface area contributed by atoms with E-state index in [2.05, 4.69) is 37.5 Å². The molecule has 0 unspecified atom stereocenters. The van der Waals surface area contributed by atoms with Gasteiger partial charge in [-0.05, 0) is 38.5 Å².